The Balaban J connectivity index is 1.63. The summed E-state index contributed by atoms with van der Waals surface area (Å²) in [5.41, 5.74) is 3.20. The molecule has 1 fully saturated rings. The van der Waals surface area contributed by atoms with Gasteiger partial charge in [-0.25, -0.2) is 18.2 Å². The number of sulfone groups is 1. The van der Waals surface area contributed by atoms with Crippen LogP contribution in [0, 0.1) is 6.92 Å². The van der Waals surface area contributed by atoms with Gasteiger partial charge in [0.05, 0.1) is 36.0 Å². The largest absolute Gasteiger partial charge is 0.453 e. The predicted molar refractivity (Wildman–Crippen MR) is 147 cm³/mol. The summed E-state index contributed by atoms with van der Waals surface area (Å²) in [5.74, 6) is -2.96. The first-order valence-corrected chi connectivity index (χ1v) is 15.0. The van der Waals surface area contributed by atoms with Crippen LogP contribution >= 0.6 is 11.3 Å². The number of alkyl halides is 3. The second kappa shape index (κ2) is 12.0. The maximum absolute atomic E-state index is 13.1. The smallest absolute Gasteiger partial charge is 0.411 e. The number of halogens is 3. The van der Waals surface area contributed by atoms with E-state index in [-0.39, 0.29) is 11.0 Å². The summed E-state index contributed by atoms with van der Waals surface area (Å²) in [5, 5.41) is 5.24. The third kappa shape index (κ3) is 7.94. The number of thiazole rings is 1. The Bertz CT molecular complexity index is 1590. The zero-order valence-electron chi connectivity index (χ0n) is 22.0. The fourth-order valence-electron chi connectivity index (χ4n) is 4.03. The summed E-state index contributed by atoms with van der Waals surface area (Å²) < 4.78 is 69.9. The van der Waals surface area contributed by atoms with Gasteiger partial charge in [-0.3, -0.25) is 14.9 Å². The van der Waals surface area contributed by atoms with E-state index in [1.54, 1.807) is 36.4 Å². The van der Waals surface area contributed by atoms with Crippen molar-refractivity contribution in [2.45, 2.75) is 43.7 Å². The molecule has 1 aliphatic rings. The molecule has 15 heteroatoms. The number of benzene rings is 2. The number of nitrogens with zero attached hydrogens (tertiary/aromatic N) is 1. The summed E-state index contributed by atoms with van der Waals surface area (Å²) in [6.07, 6.45) is -5.40. The molecular formula is C26H27F3N4O6S2. The van der Waals surface area contributed by atoms with Gasteiger partial charge in [-0.05, 0) is 60.7 Å². The van der Waals surface area contributed by atoms with E-state index >= 15 is 0 Å². The SMILES string of the molecule is COC(=O)Nc1ccc(-c2ccc3nc(C(C(=O)NCC(=O)NC4CC4)S(=O)(=O)CCC(F)(F)F)sc3c2)c(C)c1. The van der Waals surface area contributed by atoms with Crippen molar-refractivity contribution >= 4 is 55.0 Å². The Morgan fingerprint density at radius 2 is 1.88 bits per heavy atom. The van der Waals surface area contributed by atoms with E-state index in [1.165, 1.54) is 7.11 Å². The van der Waals surface area contributed by atoms with Gasteiger partial charge in [0.25, 0.3) is 0 Å². The average molecular weight is 613 g/mol. The summed E-state index contributed by atoms with van der Waals surface area (Å²) in [4.78, 5) is 40.8. The van der Waals surface area contributed by atoms with Crippen LogP contribution in [-0.4, -0.2) is 62.9 Å². The van der Waals surface area contributed by atoms with Crippen molar-refractivity contribution in [3.8, 4) is 11.1 Å². The van der Waals surface area contributed by atoms with E-state index in [0.717, 1.165) is 40.9 Å². The Labute approximate surface area is 237 Å². The molecule has 1 aromatic heterocycles. The number of nitrogens with one attached hydrogen (secondary N) is 3. The number of fused-ring (bicyclic) bond motifs is 1. The monoisotopic (exact) mass is 612 g/mol. The first-order valence-electron chi connectivity index (χ1n) is 12.5. The standard InChI is InChI=1S/C26H27F3N4O6S2/c1-14-11-17(32-25(36)39-2)6-7-18(14)15-3-8-19-20(12-15)40-24(33-19)22(41(37,38)10-9-26(27,28)29)23(35)30-13-21(34)31-16-4-5-16/h3,6-8,11-12,16,22H,4-5,9-10,13H2,1-2H3,(H,30,35)(H,31,34)(H,32,36). The minimum absolute atomic E-state index is 0.00752. The van der Waals surface area contributed by atoms with Crippen LogP contribution < -0.4 is 16.0 Å². The van der Waals surface area contributed by atoms with Crippen LogP contribution in [0.15, 0.2) is 36.4 Å². The second-order valence-electron chi connectivity index (χ2n) is 9.55. The zero-order chi connectivity index (χ0) is 29.9. The number of hydrogen-bond acceptors (Lipinski definition) is 8. The molecule has 0 aliphatic heterocycles. The lowest BCUT2D eigenvalue weighted by atomic mass is 10.00. The molecule has 0 bridgehead atoms. The molecule has 3 N–H and O–H groups in total. The number of rotatable bonds is 10. The predicted octanol–water partition coefficient (Wildman–Crippen LogP) is 4.25. The number of anilines is 1. The van der Waals surface area contributed by atoms with Crippen LogP contribution in [-0.2, 0) is 24.2 Å². The Morgan fingerprint density at radius 1 is 1.15 bits per heavy atom. The number of ether oxygens (including phenoxy) is 1. The van der Waals surface area contributed by atoms with Gasteiger partial charge in [-0.1, -0.05) is 12.1 Å². The first kappa shape index (κ1) is 30.2. The van der Waals surface area contributed by atoms with Gasteiger partial charge in [0.1, 0.15) is 5.01 Å². The van der Waals surface area contributed by atoms with Crippen molar-refractivity contribution in [1.82, 2.24) is 15.6 Å². The summed E-state index contributed by atoms with van der Waals surface area (Å²) >= 11 is 0.872. The quantitative estimate of drug-likeness (QED) is 0.311. The summed E-state index contributed by atoms with van der Waals surface area (Å²) in [6.45, 7) is 1.31. The van der Waals surface area contributed by atoms with Crippen molar-refractivity contribution in [3.05, 3.63) is 47.0 Å². The van der Waals surface area contributed by atoms with E-state index in [0.29, 0.717) is 15.9 Å². The molecular weight excluding hydrogens is 585 g/mol. The maximum atomic E-state index is 13.1. The molecule has 4 rings (SSSR count). The van der Waals surface area contributed by atoms with Gasteiger partial charge in [0.15, 0.2) is 15.1 Å². The van der Waals surface area contributed by atoms with Gasteiger partial charge in [-0.15, -0.1) is 11.3 Å². The van der Waals surface area contributed by atoms with E-state index in [9.17, 15) is 36.0 Å². The minimum Gasteiger partial charge on any atom is -0.453 e. The van der Waals surface area contributed by atoms with Crippen molar-refractivity contribution in [2.24, 2.45) is 0 Å². The van der Waals surface area contributed by atoms with Crippen molar-refractivity contribution in [1.29, 1.82) is 0 Å². The first-order chi connectivity index (χ1) is 19.3. The number of carbonyl (C=O) groups is 3. The van der Waals surface area contributed by atoms with Crippen LogP contribution in [0.2, 0.25) is 0 Å². The molecule has 41 heavy (non-hydrogen) atoms. The average Bonchev–Trinajstić information content (AvgIpc) is 3.61. The van der Waals surface area contributed by atoms with E-state index < -0.39 is 57.9 Å². The third-order valence-corrected chi connectivity index (χ3v) is 9.39. The number of methoxy groups -OCH3 is 1. The molecule has 0 saturated heterocycles. The Hall–Kier alpha value is -3.72. The van der Waals surface area contributed by atoms with Gasteiger partial charge in [0.2, 0.25) is 11.8 Å². The third-order valence-electron chi connectivity index (χ3n) is 6.23. The lowest BCUT2D eigenvalue weighted by molar-refractivity contribution is -0.130. The van der Waals surface area contributed by atoms with Gasteiger partial charge < -0.3 is 15.4 Å². The van der Waals surface area contributed by atoms with Crippen molar-refractivity contribution in [3.63, 3.8) is 0 Å². The van der Waals surface area contributed by atoms with E-state index in [2.05, 4.69) is 25.7 Å². The van der Waals surface area contributed by atoms with Crippen LogP contribution in [0.1, 0.15) is 35.1 Å². The molecule has 220 valence electrons. The molecule has 1 unspecified atom stereocenters. The normalized spacial score (nSPS) is 14.4. The van der Waals surface area contributed by atoms with Crippen molar-refractivity contribution < 1.29 is 40.7 Å². The van der Waals surface area contributed by atoms with Crippen molar-refractivity contribution in [2.75, 3.05) is 24.7 Å². The Kier molecular flexibility index (Phi) is 8.87. The zero-order valence-corrected chi connectivity index (χ0v) is 23.6. The highest BCUT2D eigenvalue weighted by molar-refractivity contribution is 7.92. The molecule has 0 spiro atoms. The van der Waals surface area contributed by atoms with Gasteiger partial charge >= 0.3 is 12.3 Å². The number of carbonyl (C=O) groups excluding carboxylic acids is 3. The minimum atomic E-state index is -4.75. The molecule has 3 aromatic rings. The van der Waals surface area contributed by atoms with Crippen LogP contribution in [0.5, 0.6) is 0 Å². The highest BCUT2D eigenvalue weighted by Crippen LogP contribution is 2.36. The van der Waals surface area contributed by atoms with Gasteiger partial charge in [-0.2, -0.15) is 13.2 Å². The lowest BCUT2D eigenvalue weighted by Crippen LogP contribution is -2.41. The number of aryl methyl sites for hydroxylation is 1. The van der Waals surface area contributed by atoms with Crippen LogP contribution in [0.25, 0.3) is 21.3 Å². The number of amides is 3. The van der Waals surface area contributed by atoms with E-state index in [1.807, 2.05) is 6.92 Å². The number of aromatic nitrogens is 1. The summed E-state index contributed by atoms with van der Waals surface area (Å²) in [7, 11) is -3.41. The molecule has 3 amide bonds. The molecule has 2 aromatic carbocycles. The fraction of sp³-hybridized carbons (Fsp3) is 0.385. The summed E-state index contributed by atoms with van der Waals surface area (Å²) in [6, 6.07) is 10.3. The topological polar surface area (TPSA) is 144 Å². The number of hydrogen-bond donors (Lipinski definition) is 3. The van der Waals surface area contributed by atoms with Crippen LogP contribution in [0.4, 0.5) is 23.7 Å². The molecule has 1 atom stereocenters. The second-order valence-corrected chi connectivity index (χ2v) is 12.8. The Morgan fingerprint density at radius 3 is 2.51 bits per heavy atom. The highest BCUT2D eigenvalue weighted by Gasteiger charge is 2.40. The molecule has 1 heterocycles. The highest BCUT2D eigenvalue weighted by atomic mass is 32.2. The molecule has 0 radical (unpaired) electrons. The fourth-order valence-corrected chi connectivity index (χ4v) is 7.12. The van der Waals surface area contributed by atoms with E-state index in [4.69, 9.17) is 0 Å². The lowest BCUT2D eigenvalue weighted by Gasteiger charge is -2.16. The molecule has 10 nitrogen and oxygen atoms in total. The maximum Gasteiger partial charge on any atom is 0.411 e. The van der Waals surface area contributed by atoms with Gasteiger partial charge in [0, 0.05) is 11.7 Å². The molecule has 1 aliphatic carbocycles. The molecule has 1 saturated carbocycles. The van der Waals surface area contributed by atoms with Crippen LogP contribution in [0.3, 0.4) is 0 Å².